The van der Waals surface area contributed by atoms with Gasteiger partial charge in [0, 0.05) is 23.8 Å². The molecule has 0 saturated carbocycles. The summed E-state index contributed by atoms with van der Waals surface area (Å²) in [6, 6.07) is 10.3. The van der Waals surface area contributed by atoms with Gasteiger partial charge in [0.25, 0.3) is 0 Å². The molecular weight excluding hydrogens is 354 g/mol. The Bertz CT molecular complexity index is 717. The third-order valence-corrected chi connectivity index (χ3v) is 5.10. The van der Waals surface area contributed by atoms with Crippen LogP contribution in [0.15, 0.2) is 52.0 Å². The molecule has 0 saturated heterocycles. The van der Waals surface area contributed by atoms with E-state index in [4.69, 9.17) is 0 Å². The number of hydrogen-bond donors (Lipinski definition) is 2. The van der Waals surface area contributed by atoms with Gasteiger partial charge in [-0.1, -0.05) is 28.1 Å². The minimum Gasteiger partial charge on any atom is -0.372 e. The van der Waals surface area contributed by atoms with Crippen molar-refractivity contribution in [3.05, 3.63) is 52.6 Å². The highest BCUT2D eigenvalue weighted by atomic mass is 79.9. The zero-order valence-corrected chi connectivity index (χ0v) is 14.1. The van der Waals surface area contributed by atoms with Gasteiger partial charge in [0.1, 0.15) is 10.7 Å². The second-order valence-corrected chi connectivity index (χ2v) is 7.09. The Morgan fingerprint density at radius 3 is 2.48 bits per heavy atom. The molecule has 2 N–H and O–H groups in total. The summed E-state index contributed by atoms with van der Waals surface area (Å²) >= 11 is 3.36. The van der Waals surface area contributed by atoms with E-state index in [2.05, 4.69) is 31.0 Å². The highest BCUT2D eigenvalue weighted by Gasteiger charge is 2.21. The second kappa shape index (κ2) is 6.55. The minimum absolute atomic E-state index is 0.136. The third kappa shape index (κ3) is 3.81. The summed E-state index contributed by atoms with van der Waals surface area (Å²) in [5.41, 5.74) is 0.886. The first-order valence-electron chi connectivity index (χ1n) is 6.34. The number of benzene rings is 1. The van der Waals surface area contributed by atoms with Crippen LogP contribution in [-0.2, 0) is 10.0 Å². The molecule has 1 unspecified atom stereocenters. The molecule has 1 atom stereocenters. The van der Waals surface area contributed by atoms with Crippen LogP contribution in [0.1, 0.15) is 18.5 Å². The van der Waals surface area contributed by atoms with Crippen molar-refractivity contribution in [1.82, 2.24) is 9.71 Å². The highest BCUT2D eigenvalue weighted by molar-refractivity contribution is 9.10. The van der Waals surface area contributed by atoms with Crippen LogP contribution in [0.25, 0.3) is 0 Å². The van der Waals surface area contributed by atoms with Gasteiger partial charge in [-0.2, -0.15) is 0 Å². The van der Waals surface area contributed by atoms with E-state index in [-0.39, 0.29) is 10.9 Å². The number of nitrogens with zero attached hydrogens (tertiary/aromatic N) is 1. The molecule has 2 rings (SSSR count). The summed E-state index contributed by atoms with van der Waals surface area (Å²) in [7, 11) is -2.01. The molecule has 1 heterocycles. The monoisotopic (exact) mass is 369 g/mol. The molecule has 0 bridgehead atoms. The molecule has 5 nitrogen and oxygen atoms in total. The lowest BCUT2D eigenvalue weighted by Gasteiger charge is -2.16. The summed E-state index contributed by atoms with van der Waals surface area (Å²) < 4.78 is 28.5. The maximum absolute atomic E-state index is 12.5. The molecule has 0 amide bonds. The lowest BCUT2D eigenvalue weighted by atomic mass is 10.1. The highest BCUT2D eigenvalue weighted by Crippen LogP contribution is 2.22. The van der Waals surface area contributed by atoms with E-state index in [1.54, 1.807) is 26.2 Å². The number of sulfonamides is 1. The number of hydrogen-bond acceptors (Lipinski definition) is 4. The fourth-order valence-electron chi connectivity index (χ4n) is 1.91. The standard InChI is InChI=1S/C14H16BrN3O2S/c1-10(11-5-7-12(15)8-6-11)18-21(19,20)13-4-3-9-17-14(13)16-2/h3-10,18H,1-2H3,(H,16,17). The smallest absolute Gasteiger partial charge is 0.244 e. The van der Waals surface area contributed by atoms with E-state index in [0.29, 0.717) is 5.82 Å². The molecule has 0 aliphatic rings. The molecule has 1 aromatic heterocycles. The number of halogens is 1. The van der Waals surface area contributed by atoms with Crippen LogP contribution >= 0.6 is 15.9 Å². The molecule has 0 aliphatic carbocycles. The van der Waals surface area contributed by atoms with Gasteiger partial charge in [-0.3, -0.25) is 0 Å². The Morgan fingerprint density at radius 2 is 1.86 bits per heavy atom. The van der Waals surface area contributed by atoms with Crippen LogP contribution < -0.4 is 10.0 Å². The fourth-order valence-corrected chi connectivity index (χ4v) is 3.57. The van der Waals surface area contributed by atoms with Crippen molar-refractivity contribution < 1.29 is 8.42 Å². The Hall–Kier alpha value is -1.44. The van der Waals surface area contributed by atoms with Gasteiger partial charge in [-0.15, -0.1) is 0 Å². The van der Waals surface area contributed by atoms with Crippen LogP contribution in [-0.4, -0.2) is 20.4 Å². The van der Waals surface area contributed by atoms with Crippen LogP contribution in [0.3, 0.4) is 0 Å². The normalized spacial score (nSPS) is 12.9. The maximum atomic E-state index is 12.5. The number of nitrogens with one attached hydrogen (secondary N) is 2. The minimum atomic E-state index is -3.65. The van der Waals surface area contributed by atoms with Crippen molar-refractivity contribution in [2.45, 2.75) is 17.9 Å². The Morgan fingerprint density at radius 1 is 1.19 bits per heavy atom. The van der Waals surface area contributed by atoms with Crippen molar-refractivity contribution in [1.29, 1.82) is 0 Å². The van der Waals surface area contributed by atoms with E-state index < -0.39 is 10.0 Å². The molecule has 0 aliphatic heterocycles. The summed E-state index contributed by atoms with van der Waals surface area (Å²) in [4.78, 5) is 4.15. The number of anilines is 1. The predicted molar refractivity (Wildman–Crippen MR) is 86.7 cm³/mol. The number of aromatic nitrogens is 1. The molecule has 2 aromatic rings. The topological polar surface area (TPSA) is 71.1 Å². The first-order valence-corrected chi connectivity index (χ1v) is 8.62. The van der Waals surface area contributed by atoms with Crippen LogP contribution in [0, 0.1) is 0 Å². The SMILES string of the molecule is CNc1ncccc1S(=O)(=O)NC(C)c1ccc(Br)cc1. The number of pyridine rings is 1. The van der Waals surface area contributed by atoms with Gasteiger partial charge in [0.05, 0.1) is 0 Å². The van der Waals surface area contributed by atoms with E-state index in [0.717, 1.165) is 10.0 Å². The summed E-state index contributed by atoms with van der Waals surface area (Å²) in [6.07, 6.45) is 1.54. The summed E-state index contributed by atoms with van der Waals surface area (Å²) in [6.45, 7) is 1.80. The molecule has 112 valence electrons. The molecule has 21 heavy (non-hydrogen) atoms. The van der Waals surface area contributed by atoms with E-state index >= 15 is 0 Å². The molecule has 7 heteroatoms. The summed E-state index contributed by atoms with van der Waals surface area (Å²) in [5, 5.41) is 2.79. The first kappa shape index (κ1) is 15.9. The van der Waals surface area contributed by atoms with Crippen LogP contribution in [0.2, 0.25) is 0 Å². The van der Waals surface area contributed by atoms with Crippen molar-refractivity contribution in [3.63, 3.8) is 0 Å². The van der Waals surface area contributed by atoms with Gasteiger partial charge >= 0.3 is 0 Å². The Labute approximate surface area is 133 Å². The quantitative estimate of drug-likeness (QED) is 0.849. The van der Waals surface area contributed by atoms with E-state index in [9.17, 15) is 8.42 Å². The lowest BCUT2D eigenvalue weighted by molar-refractivity contribution is 0.567. The van der Waals surface area contributed by atoms with Crippen LogP contribution in [0.5, 0.6) is 0 Å². The van der Waals surface area contributed by atoms with E-state index in [1.165, 1.54) is 6.07 Å². The largest absolute Gasteiger partial charge is 0.372 e. The van der Waals surface area contributed by atoms with E-state index in [1.807, 2.05) is 24.3 Å². The van der Waals surface area contributed by atoms with Gasteiger partial charge in [0.15, 0.2) is 0 Å². The van der Waals surface area contributed by atoms with Crippen molar-refractivity contribution >= 4 is 31.8 Å². The molecule has 0 radical (unpaired) electrons. The first-order chi connectivity index (χ1) is 9.94. The number of rotatable bonds is 5. The van der Waals surface area contributed by atoms with Crippen molar-refractivity contribution in [3.8, 4) is 0 Å². The van der Waals surface area contributed by atoms with Crippen molar-refractivity contribution in [2.24, 2.45) is 0 Å². The molecule has 1 aromatic carbocycles. The second-order valence-electron chi connectivity index (χ2n) is 4.49. The summed E-state index contributed by atoms with van der Waals surface area (Å²) in [5.74, 6) is 0.327. The average molecular weight is 370 g/mol. The predicted octanol–water partition coefficient (Wildman–Crippen LogP) is 2.93. The van der Waals surface area contributed by atoms with Gasteiger partial charge in [-0.05, 0) is 36.8 Å². The Balaban J connectivity index is 2.26. The van der Waals surface area contributed by atoms with Gasteiger partial charge < -0.3 is 5.32 Å². The zero-order valence-electron chi connectivity index (χ0n) is 11.7. The fraction of sp³-hybridized carbons (Fsp3) is 0.214. The maximum Gasteiger partial charge on any atom is 0.244 e. The van der Waals surface area contributed by atoms with Crippen molar-refractivity contribution in [2.75, 3.05) is 12.4 Å². The molecule has 0 fully saturated rings. The van der Waals surface area contributed by atoms with Crippen LogP contribution in [0.4, 0.5) is 5.82 Å². The van der Waals surface area contributed by atoms with Gasteiger partial charge in [0.2, 0.25) is 10.0 Å². The third-order valence-electron chi connectivity index (χ3n) is 3.00. The average Bonchev–Trinajstić information content (AvgIpc) is 2.47. The van der Waals surface area contributed by atoms with Gasteiger partial charge in [-0.25, -0.2) is 18.1 Å². The zero-order chi connectivity index (χ0) is 15.5. The Kier molecular flexibility index (Phi) is 4.97. The molecular formula is C14H16BrN3O2S. The molecule has 0 spiro atoms. The lowest BCUT2D eigenvalue weighted by Crippen LogP contribution is -2.27.